The summed E-state index contributed by atoms with van der Waals surface area (Å²) in [5.41, 5.74) is 3.96. The highest BCUT2D eigenvalue weighted by atomic mass is 16.4. The van der Waals surface area contributed by atoms with Gasteiger partial charge in [0.25, 0.3) is 0 Å². The molecule has 2 rings (SSSR count). The average Bonchev–Trinajstić information content (AvgIpc) is 2.19. The van der Waals surface area contributed by atoms with Gasteiger partial charge in [0.15, 0.2) is 0 Å². The van der Waals surface area contributed by atoms with Crippen molar-refractivity contribution in [2.45, 2.75) is 26.8 Å². The predicted octanol–water partition coefficient (Wildman–Crippen LogP) is 2.21. The van der Waals surface area contributed by atoms with Crippen LogP contribution in [-0.2, 0) is 11.3 Å². The number of hydrogen-bond donors (Lipinski definition) is 1. The molecule has 1 aliphatic rings. The first-order chi connectivity index (χ1) is 8.04. The van der Waals surface area contributed by atoms with Crippen LogP contribution in [0.5, 0.6) is 0 Å². The Morgan fingerprint density at radius 3 is 2.76 bits per heavy atom. The molecule has 0 atom stereocenters. The van der Waals surface area contributed by atoms with Crippen LogP contribution >= 0.6 is 0 Å². The third-order valence-electron chi connectivity index (χ3n) is 3.39. The zero-order chi connectivity index (χ0) is 12.4. The van der Waals surface area contributed by atoms with Gasteiger partial charge in [-0.15, -0.1) is 0 Å². The second-order valence-electron chi connectivity index (χ2n) is 5.09. The first-order valence-corrected chi connectivity index (χ1v) is 6.05. The molecule has 17 heavy (non-hydrogen) atoms. The Morgan fingerprint density at radius 1 is 1.41 bits per heavy atom. The number of nitrogens with zero attached hydrogens (tertiary/aromatic N) is 1. The van der Waals surface area contributed by atoms with E-state index in [4.69, 9.17) is 5.11 Å². The fraction of sp³-hybridized carbons (Fsp3) is 0.500. The van der Waals surface area contributed by atoms with Crippen molar-refractivity contribution >= 4 is 5.97 Å². The summed E-state index contributed by atoms with van der Waals surface area (Å²) in [5, 5.41) is 8.69. The van der Waals surface area contributed by atoms with E-state index in [1.807, 2.05) is 0 Å². The molecule has 1 aromatic carbocycles. The van der Waals surface area contributed by atoms with Crippen LogP contribution in [0.25, 0.3) is 0 Å². The Kier molecular flexibility index (Phi) is 3.48. The van der Waals surface area contributed by atoms with Gasteiger partial charge in [-0.25, -0.2) is 0 Å². The molecule has 0 aromatic heterocycles. The third-order valence-corrected chi connectivity index (χ3v) is 3.39. The maximum atomic E-state index is 10.5. The fourth-order valence-electron chi connectivity index (χ4n) is 2.39. The standard InChI is InChI=1S/C14H19NO2/c1-10-3-4-11(2)13(5-10)9-15-7-12(8-15)6-14(16)17/h3-5,12H,6-9H2,1-2H3,(H,16,17). The number of carboxylic acid groups (broad SMARTS) is 1. The largest absolute Gasteiger partial charge is 0.481 e. The molecule has 3 nitrogen and oxygen atoms in total. The predicted molar refractivity (Wildman–Crippen MR) is 66.9 cm³/mol. The van der Waals surface area contributed by atoms with E-state index in [0.717, 1.165) is 19.6 Å². The summed E-state index contributed by atoms with van der Waals surface area (Å²) in [6.07, 6.45) is 0.309. The van der Waals surface area contributed by atoms with Crippen molar-refractivity contribution in [2.24, 2.45) is 5.92 Å². The van der Waals surface area contributed by atoms with Gasteiger partial charge in [-0.2, -0.15) is 0 Å². The van der Waals surface area contributed by atoms with Gasteiger partial charge in [-0.05, 0) is 30.9 Å². The lowest BCUT2D eigenvalue weighted by molar-refractivity contribution is -0.139. The summed E-state index contributed by atoms with van der Waals surface area (Å²) in [5.74, 6) is -0.334. The summed E-state index contributed by atoms with van der Waals surface area (Å²) >= 11 is 0. The summed E-state index contributed by atoms with van der Waals surface area (Å²) in [6.45, 7) is 7.01. The normalized spacial score (nSPS) is 16.8. The number of carbonyl (C=O) groups is 1. The molecular formula is C14H19NO2. The van der Waals surface area contributed by atoms with Crippen molar-refractivity contribution < 1.29 is 9.90 Å². The maximum absolute atomic E-state index is 10.5. The van der Waals surface area contributed by atoms with Gasteiger partial charge < -0.3 is 5.11 Å². The zero-order valence-corrected chi connectivity index (χ0v) is 10.4. The molecule has 0 radical (unpaired) electrons. The number of benzene rings is 1. The van der Waals surface area contributed by atoms with Crippen molar-refractivity contribution in [3.05, 3.63) is 34.9 Å². The van der Waals surface area contributed by atoms with Crippen molar-refractivity contribution in [2.75, 3.05) is 13.1 Å². The van der Waals surface area contributed by atoms with Crippen LogP contribution in [0, 0.1) is 19.8 Å². The summed E-state index contributed by atoms with van der Waals surface area (Å²) in [4.78, 5) is 12.9. The first-order valence-electron chi connectivity index (χ1n) is 6.05. The molecule has 0 aliphatic carbocycles. The Labute approximate surface area is 102 Å². The summed E-state index contributed by atoms with van der Waals surface area (Å²) in [7, 11) is 0. The quantitative estimate of drug-likeness (QED) is 0.866. The van der Waals surface area contributed by atoms with E-state index >= 15 is 0 Å². The first kappa shape index (κ1) is 12.1. The molecular weight excluding hydrogens is 214 g/mol. The average molecular weight is 233 g/mol. The Bertz CT molecular complexity index is 422. The highest BCUT2D eigenvalue weighted by Gasteiger charge is 2.28. The van der Waals surface area contributed by atoms with E-state index in [9.17, 15) is 4.79 Å². The summed E-state index contributed by atoms with van der Waals surface area (Å²) in [6, 6.07) is 6.50. The van der Waals surface area contributed by atoms with E-state index < -0.39 is 5.97 Å². The van der Waals surface area contributed by atoms with Gasteiger partial charge in [-0.1, -0.05) is 23.8 Å². The highest BCUT2D eigenvalue weighted by molar-refractivity contribution is 5.67. The van der Waals surface area contributed by atoms with Gasteiger partial charge in [-0.3, -0.25) is 9.69 Å². The van der Waals surface area contributed by atoms with Crippen LogP contribution in [-0.4, -0.2) is 29.1 Å². The molecule has 3 heteroatoms. The van der Waals surface area contributed by atoms with E-state index in [-0.39, 0.29) is 0 Å². The van der Waals surface area contributed by atoms with Crippen molar-refractivity contribution in [3.8, 4) is 0 Å². The van der Waals surface area contributed by atoms with Gasteiger partial charge in [0, 0.05) is 19.6 Å². The Hall–Kier alpha value is -1.35. The molecule has 1 heterocycles. The lowest BCUT2D eigenvalue weighted by atomic mass is 9.95. The SMILES string of the molecule is Cc1ccc(C)c(CN2CC(CC(=O)O)C2)c1. The maximum Gasteiger partial charge on any atom is 0.303 e. The fourth-order valence-corrected chi connectivity index (χ4v) is 2.39. The summed E-state index contributed by atoms with van der Waals surface area (Å²) < 4.78 is 0. The van der Waals surface area contributed by atoms with Crippen LogP contribution in [0.4, 0.5) is 0 Å². The molecule has 0 bridgehead atoms. The van der Waals surface area contributed by atoms with Gasteiger partial charge in [0.05, 0.1) is 6.42 Å². The smallest absolute Gasteiger partial charge is 0.303 e. The third kappa shape index (κ3) is 3.07. The molecule has 0 unspecified atom stereocenters. The number of hydrogen-bond acceptors (Lipinski definition) is 2. The molecule has 1 N–H and O–H groups in total. The number of likely N-dealkylation sites (tertiary alicyclic amines) is 1. The molecule has 1 saturated heterocycles. The molecule has 0 saturated carbocycles. The minimum atomic E-state index is -0.679. The molecule has 92 valence electrons. The molecule has 0 amide bonds. The lowest BCUT2D eigenvalue weighted by Gasteiger charge is -2.38. The van der Waals surface area contributed by atoms with E-state index in [1.165, 1.54) is 16.7 Å². The van der Waals surface area contributed by atoms with Crippen molar-refractivity contribution in [3.63, 3.8) is 0 Å². The zero-order valence-electron chi connectivity index (χ0n) is 10.4. The topological polar surface area (TPSA) is 40.5 Å². The van der Waals surface area contributed by atoms with Crippen molar-refractivity contribution in [1.82, 2.24) is 4.90 Å². The van der Waals surface area contributed by atoms with E-state index in [2.05, 4.69) is 36.9 Å². The monoisotopic (exact) mass is 233 g/mol. The minimum Gasteiger partial charge on any atom is -0.481 e. The molecule has 1 fully saturated rings. The van der Waals surface area contributed by atoms with Crippen LogP contribution < -0.4 is 0 Å². The number of aryl methyl sites for hydroxylation is 2. The molecule has 1 aliphatic heterocycles. The van der Waals surface area contributed by atoms with Crippen LogP contribution in [0.3, 0.4) is 0 Å². The van der Waals surface area contributed by atoms with Gasteiger partial charge >= 0.3 is 5.97 Å². The van der Waals surface area contributed by atoms with Gasteiger partial charge in [0.2, 0.25) is 0 Å². The van der Waals surface area contributed by atoms with E-state index in [1.54, 1.807) is 0 Å². The van der Waals surface area contributed by atoms with E-state index in [0.29, 0.717) is 12.3 Å². The van der Waals surface area contributed by atoms with Crippen LogP contribution in [0.15, 0.2) is 18.2 Å². The minimum absolute atomic E-state index is 0.309. The lowest BCUT2D eigenvalue weighted by Crippen LogP contribution is -2.46. The van der Waals surface area contributed by atoms with Crippen LogP contribution in [0.2, 0.25) is 0 Å². The number of rotatable bonds is 4. The molecule has 0 spiro atoms. The van der Waals surface area contributed by atoms with Gasteiger partial charge in [0.1, 0.15) is 0 Å². The number of carboxylic acids is 1. The Balaban J connectivity index is 1.87. The van der Waals surface area contributed by atoms with Crippen molar-refractivity contribution in [1.29, 1.82) is 0 Å². The number of aliphatic carboxylic acids is 1. The second-order valence-corrected chi connectivity index (χ2v) is 5.09. The second kappa shape index (κ2) is 4.88. The van der Waals surface area contributed by atoms with Crippen LogP contribution in [0.1, 0.15) is 23.1 Å². The molecule has 1 aromatic rings. The highest BCUT2D eigenvalue weighted by Crippen LogP contribution is 2.23. The Morgan fingerprint density at radius 2 is 2.12 bits per heavy atom.